The molecule has 0 radical (unpaired) electrons. The van der Waals surface area contributed by atoms with E-state index in [1.54, 1.807) is 0 Å². The van der Waals surface area contributed by atoms with Gasteiger partial charge in [0, 0.05) is 6.07 Å². The van der Waals surface area contributed by atoms with E-state index in [0.717, 1.165) is 25.4 Å². The molecule has 2 N–H and O–H groups in total. The lowest BCUT2D eigenvalue weighted by molar-refractivity contribution is 0.291. The first-order valence-corrected chi connectivity index (χ1v) is 10.8. The third-order valence-corrected chi connectivity index (χ3v) is 5.99. The summed E-state index contributed by atoms with van der Waals surface area (Å²) in [5, 5.41) is 16.1. The zero-order valence-corrected chi connectivity index (χ0v) is 18.0. The second-order valence-corrected chi connectivity index (χ2v) is 8.33. The molecular weight excluding hydrogens is 477 g/mol. The molecule has 0 unspecified atom stereocenters. The van der Waals surface area contributed by atoms with Gasteiger partial charge in [-0.2, -0.15) is 10.4 Å². The van der Waals surface area contributed by atoms with E-state index in [2.05, 4.69) is 20.2 Å². The molecule has 4 rings (SSSR count). The lowest BCUT2D eigenvalue weighted by Crippen LogP contribution is -2.17. The van der Waals surface area contributed by atoms with Gasteiger partial charge in [0.1, 0.15) is 29.9 Å². The molecule has 0 atom stereocenters. The summed E-state index contributed by atoms with van der Waals surface area (Å²) in [6.07, 6.45) is 3.28. The molecule has 3 heterocycles. The number of nitrogens with one attached hydrogen (secondary N) is 2. The smallest absolute Gasteiger partial charge is 0.267 e. The third-order valence-electron chi connectivity index (χ3n) is 4.63. The van der Waals surface area contributed by atoms with Crippen LogP contribution in [0.1, 0.15) is 11.1 Å². The Morgan fingerprint density at radius 2 is 1.97 bits per heavy atom. The number of H-pyrrole nitrogens is 1. The molecule has 0 aliphatic carbocycles. The minimum absolute atomic E-state index is 0.0436. The SMILES string of the molecule is COc1ncc(F)cc1S(=O)(=O)Nc1ccc(F)c(COc2cnc3[nH]ncc3c2C#N)c1F. The van der Waals surface area contributed by atoms with E-state index in [-0.39, 0.29) is 11.3 Å². The summed E-state index contributed by atoms with van der Waals surface area (Å²) in [6.45, 7) is -0.697. The fourth-order valence-corrected chi connectivity index (χ4v) is 4.21. The van der Waals surface area contributed by atoms with Crippen LogP contribution in [0.4, 0.5) is 18.9 Å². The minimum Gasteiger partial charge on any atom is -0.486 e. The van der Waals surface area contributed by atoms with Gasteiger partial charge in [0.15, 0.2) is 22.1 Å². The number of hydrogen-bond donors (Lipinski definition) is 2. The number of hydrogen-bond acceptors (Lipinski definition) is 8. The number of aromatic nitrogens is 4. The fourth-order valence-electron chi connectivity index (χ4n) is 3.02. The molecule has 0 fully saturated rings. The van der Waals surface area contributed by atoms with E-state index in [0.29, 0.717) is 17.1 Å². The Bertz CT molecular complexity index is 1550. The van der Waals surface area contributed by atoms with Crippen molar-refractivity contribution in [3.8, 4) is 17.7 Å². The highest BCUT2D eigenvalue weighted by atomic mass is 32.2. The summed E-state index contributed by atoms with van der Waals surface area (Å²) < 4.78 is 80.6. The zero-order chi connectivity index (χ0) is 24.5. The standard InChI is InChI=1S/C20H13F3N6O4S/c1-32-20-17(4-10(21)6-26-20)34(30,31)29-15-3-2-14(22)13(18(15)23)9-33-16-8-25-19-12(7-27-28-19)11(16)5-24/h2-4,6-8,29H,9H2,1H3,(H,25,27,28). The van der Waals surface area contributed by atoms with Crippen LogP contribution in [0.2, 0.25) is 0 Å². The number of fused-ring (bicyclic) bond motifs is 1. The predicted molar refractivity (Wildman–Crippen MR) is 111 cm³/mol. The van der Waals surface area contributed by atoms with Gasteiger partial charge in [-0.3, -0.25) is 9.82 Å². The average Bonchev–Trinajstić information content (AvgIpc) is 3.29. The Balaban J connectivity index is 1.65. The van der Waals surface area contributed by atoms with Crippen molar-refractivity contribution in [2.75, 3.05) is 11.8 Å². The molecule has 0 aliphatic rings. The lowest BCUT2D eigenvalue weighted by atomic mass is 10.1. The molecule has 1 aromatic carbocycles. The Morgan fingerprint density at radius 1 is 1.18 bits per heavy atom. The number of benzene rings is 1. The van der Waals surface area contributed by atoms with Crippen LogP contribution in [0.3, 0.4) is 0 Å². The number of nitrogens with zero attached hydrogens (tertiary/aromatic N) is 4. The first-order valence-electron chi connectivity index (χ1n) is 9.29. The normalized spacial score (nSPS) is 11.3. The van der Waals surface area contributed by atoms with Crippen molar-refractivity contribution in [3.05, 3.63) is 65.4 Å². The molecule has 3 aromatic heterocycles. The summed E-state index contributed by atoms with van der Waals surface area (Å²) in [5.74, 6) is -3.75. The summed E-state index contributed by atoms with van der Waals surface area (Å²) in [4.78, 5) is 6.85. The molecule has 0 saturated heterocycles. The number of ether oxygens (including phenoxy) is 2. The Morgan fingerprint density at radius 3 is 2.71 bits per heavy atom. The van der Waals surface area contributed by atoms with Crippen molar-refractivity contribution >= 4 is 26.7 Å². The van der Waals surface area contributed by atoms with Crippen molar-refractivity contribution in [3.63, 3.8) is 0 Å². The van der Waals surface area contributed by atoms with Crippen LogP contribution < -0.4 is 14.2 Å². The molecular formula is C20H13F3N6O4S. The van der Waals surface area contributed by atoms with E-state index < -0.39 is 56.1 Å². The molecule has 34 heavy (non-hydrogen) atoms. The number of pyridine rings is 2. The van der Waals surface area contributed by atoms with Crippen LogP contribution in [-0.4, -0.2) is 35.7 Å². The van der Waals surface area contributed by atoms with Gasteiger partial charge < -0.3 is 9.47 Å². The van der Waals surface area contributed by atoms with E-state index in [1.165, 1.54) is 12.4 Å². The van der Waals surface area contributed by atoms with Gasteiger partial charge in [0.05, 0.1) is 42.3 Å². The Hall–Kier alpha value is -4.38. The number of rotatable bonds is 7. The molecule has 4 aromatic rings. The van der Waals surface area contributed by atoms with Crippen LogP contribution in [0.15, 0.2) is 41.7 Å². The van der Waals surface area contributed by atoms with Gasteiger partial charge in [-0.05, 0) is 12.1 Å². The highest BCUT2D eigenvalue weighted by molar-refractivity contribution is 7.92. The summed E-state index contributed by atoms with van der Waals surface area (Å²) in [5.41, 5.74) is -0.891. The molecule has 0 saturated carbocycles. The van der Waals surface area contributed by atoms with Crippen LogP contribution in [-0.2, 0) is 16.6 Å². The van der Waals surface area contributed by atoms with Crippen LogP contribution in [0, 0.1) is 28.8 Å². The molecule has 0 spiro atoms. The second-order valence-electron chi connectivity index (χ2n) is 6.68. The molecule has 10 nitrogen and oxygen atoms in total. The maximum absolute atomic E-state index is 15.1. The summed E-state index contributed by atoms with van der Waals surface area (Å²) >= 11 is 0. The van der Waals surface area contributed by atoms with Crippen molar-refractivity contribution in [1.82, 2.24) is 20.2 Å². The molecule has 0 bridgehead atoms. The molecule has 0 amide bonds. The largest absolute Gasteiger partial charge is 0.486 e. The molecule has 14 heteroatoms. The Labute approximate surface area is 190 Å². The molecule has 0 aliphatic heterocycles. The summed E-state index contributed by atoms with van der Waals surface area (Å²) in [7, 11) is -3.45. The van der Waals surface area contributed by atoms with Gasteiger partial charge in [0.2, 0.25) is 5.88 Å². The van der Waals surface area contributed by atoms with Crippen LogP contribution in [0.5, 0.6) is 11.6 Å². The van der Waals surface area contributed by atoms with E-state index in [4.69, 9.17) is 9.47 Å². The highest BCUT2D eigenvalue weighted by Gasteiger charge is 2.25. The fraction of sp³-hybridized carbons (Fsp3) is 0.100. The van der Waals surface area contributed by atoms with Crippen molar-refractivity contribution in [2.45, 2.75) is 11.5 Å². The van der Waals surface area contributed by atoms with Gasteiger partial charge in [-0.1, -0.05) is 0 Å². The first kappa shape index (κ1) is 22.8. The highest BCUT2D eigenvalue weighted by Crippen LogP contribution is 2.29. The monoisotopic (exact) mass is 490 g/mol. The maximum Gasteiger partial charge on any atom is 0.267 e. The van der Waals surface area contributed by atoms with Gasteiger partial charge in [0.25, 0.3) is 10.0 Å². The quantitative estimate of drug-likeness (QED) is 0.402. The number of aromatic amines is 1. The number of sulfonamides is 1. The van der Waals surface area contributed by atoms with E-state index in [9.17, 15) is 22.5 Å². The Kier molecular flexibility index (Phi) is 5.95. The van der Waals surface area contributed by atoms with E-state index >= 15 is 4.39 Å². The number of anilines is 1. The van der Waals surface area contributed by atoms with Crippen molar-refractivity contribution in [2.24, 2.45) is 0 Å². The predicted octanol–water partition coefficient (Wildman–Crippen LogP) is 3.03. The minimum atomic E-state index is -4.57. The zero-order valence-electron chi connectivity index (χ0n) is 17.1. The van der Waals surface area contributed by atoms with Crippen LogP contribution >= 0.6 is 0 Å². The number of methoxy groups -OCH3 is 1. The van der Waals surface area contributed by atoms with Crippen molar-refractivity contribution < 1.29 is 31.1 Å². The lowest BCUT2D eigenvalue weighted by Gasteiger charge is -2.14. The number of nitriles is 1. The summed E-state index contributed by atoms with van der Waals surface area (Å²) in [6, 6.07) is 4.23. The first-order chi connectivity index (χ1) is 16.2. The molecule has 174 valence electrons. The topological polar surface area (TPSA) is 143 Å². The number of halogens is 3. The van der Waals surface area contributed by atoms with Gasteiger partial charge in [-0.25, -0.2) is 31.6 Å². The van der Waals surface area contributed by atoms with E-state index in [1.807, 2.05) is 10.8 Å². The second kappa shape index (κ2) is 8.87. The van der Waals surface area contributed by atoms with Gasteiger partial charge >= 0.3 is 0 Å². The van der Waals surface area contributed by atoms with Crippen LogP contribution in [0.25, 0.3) is 11.0 Å². The maximum atomic E-state index is 15.1. The third kappa shape index (κ3) is 4.16. The van der Waals surface area contributed by atoms with Gasteiger partial charge in [-0.15, -0.1) is 0 Å². The van der Waals surface area contributed by atoms with Crippen molar-refractivity contribution in [1.29, 1.82) is 5.26 Å². The average molecular weight is 490 g/mol.